The summed E-state index contributed by atoms with van der Waals surface area (Å²) in [6.45, 7) is 4.33. The van der Waals surface area contributed by atoms with Gasteiger partial charge in [-0.3, -0.25) is 14.4 Å². The lowest BCUT2D eigenvalue weighted by Gasteiger charge is -2.34. The molecule has 2 heterocycles. The summed E-state index contributed by atoms with van der Waals surface area (Å²) in [5, 5.41) is 5.35. The molecule has 2 N–H and O–H groups in total. The van der Waals surface area contributed by atoms with E-state index in [0.29, 0.717) is 51.4 Å². The van der Waals surface area contributed by atoms with Gasteiger partial charge >= 0.3 is 12.1 Å². The standard InChI is InChI=1S/C31H46N4O8/c1-3-42-30(39)26(33-27(36)15-19-41-2)20-32-29(38)25-10-7-16-35(21-25)28(37)12-11-23-13-17-34(18-14-23)31(40)43-22-24-8-5-4-6-9-24/h4-6,8-9,23,25-26H,3,7,10-22H2,1-2H3,(H,32,38)(H,33,36)/t25-,26+/m1/s1. The van der Waals surface area contributed by atoms with E-state index in [1.165, 1.54) is 7.11 Å². The van der Waals surface area contributed by atoms with Crippen LogP contribution in [0.1, 0.15) is 57.4 Å². The average Bonchev–Trinajstić information content (AvgIpc) is 3.04. The van der Waals surface area contributed by atoms with Crippen LogP contribution in [0.5, 0.6) is 0 Å². The van der Waals surface area contributed by atoms with Crippen LogP contribution in [-0.2, 0) is 40.0 Å². The van der Waals surface area contributed by atoms with E-state index in [-0.39, 0.29) is 56.6 Å². The van der Waals surface area contributed by atoms with Crippen molar-refractivity contribution in [3.8, 4) is 0 Å². The molecule has 1 aromatic rings. The van der Waals surface area contributed by atoms with E-state index in [0.717, 1.165) is 24.8 Å². The van der Waals surface area contributed by atoms with Gasteiger partial charge in [-0.1, -0.05) is 30.3 Å². The molecule has 2 atom stereocenters. The minimum atomic E-state index is -1.01. The van der Waals surface area contributed by atoms with Gasteiger partial charge in [0.05, 0.1) is 19.1 Å². The number of likely N-dealkylation sites (tertiary alicyclic amines) is 2. The molecule has 0 unspecified atom stereocenters. The van der Waals surface area contributed by atoms with Crippen LogP contribution in [0.25, 0.3) is 0 Å². The molecule has 2 aliphatic heterocycles. The minimum Gasteiger partial charge on any atom is -0.464 e. The van der Waals surface area contributed by atoms with Crippen molar-refractivity contribution in [1.29, 1.82) is 0 Å². The molecule has 0 saturated carbocycles. The number of nitrogens with one attached hydrogen (secondary N) is 2. The molecule has 12 heteroatoms. The molecule has 0 spiro atoms. The van der Waals surface area contributed by atoms with Crippen LogP contribution in [0.3, 0.4) is 0 Å². The van der Waals surface area contributed by atoms with E-state index < -0.39 is 17.9 Å². The highest BCUT2D eigenvalue weighted by atomic mass is 16.6. The topological polar surface area (TPSA) is 144 Å². The molecule has 0 radical (unpaired) electrons. The first-order valence-corrected chi connectivity index (χ1v) is 15.3. The zero-order valence-electron chi connectivity index (χ0n) is 25.4. The minimum absolute atomic E-state index is 0.0250. The van der Waals surface area contributed by atoms with Crippen LogP contribution in [0.15, 0.2) is 30.3 Å². The molecule has 4 amide bonds. The van der Waals surface area contributed by atoms with Gasteiger partial charge in [-0.05, 0) is 50.5 Å². The quantitative estimate of drug-likeness (QED) is 0.309. The molecule has 2 aliphatic rings. The lowest BCUT2D eigenvalue weighted by atomic mass is 9.91. The Morgan fingerprint density at radius 3 is 2.40 bits per heavy atom. The van der Waals surface area contributed by atoms with Crippen molar-refractivity contribution in [1.82, 2.24) is 20.4 Å². The first-order valence-electron chi connectivity index (χ1n) is 15.3. The van der Waals surface area contributed by atoms with E-state index in [9.17, 15) is 24.0 Å². The number of methoxy groups -OCH3 is 1. The summed E-state index contributed by atoms with van der Waals surface area (Å²) in [5.74, 6) is -1.28. The number of rotatable bonds is 14. The molecule has 3 rings (SSSR count). The number of amides is 4. The Labute approximate surface area is 253 Å². The van der Waals surface area contributed by atoms with Crippen molar-refractivity contribution < 1.29 is 38.2 Å². The van der Waals surface area contributed by atoms with Crippen LogP contribution in [-0.4, -0.2) is 98.7 Å². The number of carbonyl (C=O) groups excluding carboxylic acids is 5. The maximum Gasteiger partial charge on any atom is 0.410 e. The van der Waals surface area contributed by atoms with Gasteiger partial charge in [0.2, 0.25) is 17.7 Å². The Balaban J connectivity index is 1.38. The average molecular weight is 603 g/mol. The van der Waals surface area contributed by atoms with Gasteiger partial charge in [0.25, 0.3) is 0 Å². The number of piperidine rings is 2. The monoisotopic (exact) mass is 602 g/mol. The van der Waals surface area contributed by atoms with Gasteiger partial charge in [0.15, 0.2) is 0 Å². The zero-order chi connectivity index (χ0) is 31.0. The molecular formula is C31H46N4O8. The summed E-state index contributed by atoms with van der Waals surface area (Å²) in [5.41, 5.74) is 0.949. The smallest absolute Gasteiger partial charge is 0.410 e. The lowest BCUT2D eigenvalue weighted by molar-refractivity contribution is -0.147. The van der Waals surface area contributed by atoms with Crippen molar-refractivity contribution in [2.45, 2.75) is 64.5 Å². The summed E-state index contributed by atoms with van der Waals surface area (Å²) in [7, 11) is 1.48. The number of hydrogen-bond donors (Lipinski definition) is 2. The highest BCUT2D eigenvalue weighted by Gasteiger charge is 2.31. The van der Waals surface area contributed by atoms with Gasteiger partial charge < -0.3 is 34.6 Å². The summed E-state index contributed by atoms with van der Waals surface area (Å²) in [6.07, 6.45) is 3.91. The normalized spacial score (nSPS) is 18.0. The zero-order valence-corrected chi connectivity index (χ0v) is 25.4. The van der Waals surface area contributed by atoms with Gasteiger partial charge in [-0.25, -0.2) is 9.59 Å². The first-order chi connectivity index (χ1) is 20.8. The van der Waals surface area contributed by atoms with Gasteiger partial charge in [-0.15, -0.1) is 0 Å². The van der Waals surface area contributed by atoms with Gasteiger partial charge in [-0.2, -0.15) is 0 Å². The first kappa shape index (κ1) is 33.8. The van der Waals surface area contributed by atoms with Crippen LogP contribution in [0.4, 0.5) is 4.79 Å². The van der Waals surface area contributed by atoms with Crippen LogP contribution in [0, 0.1) is 11.8 Å². The molecular weight excluding hydrogens is 556 g/mol. The second-order valence-electron chi connectivity index (χ2n) is 11.0. The van der Waals surface area contributed by atoms with Gasteiger partial charge in [0, 0.05) is 52.7 Å². The highest BCUT2D eigenvalue weighted by Crippen LogP contribution is 2.24. The maximum absolute atomic E-state index is 13.0. The highest BCUT2D eigenvalue weighted by molar-refractivity contribution is 5.86. The van der Waals surface area contributed by atoms with E-state index in [1.54, 1.807) is 16.7 Å². The molecule has 12 nitrogen and oxygen atoms in total. The number of ether oxygens (including phenoxy) is 3. The Kier molecular flexibility index (Phi) is 14.2. The molecule has 43 heavy (non-hydrogen) atoms. The van der Waals surface area contributed by atoms with Crippen molar-refractivity contribution in [3.05, 3.63) is 35.9 Å². The predicted molar refractivity (Wildman–Crippen MR) is 158 cm³/mol. The van der Waals surface area contributed by atoms with Crippen LogP contribution in [0.2, 0.25) is 0 Å². The van der Waals surface area contributed by atoms with Gasteiger partial charge in [0.1, 0.15) is 12.6 Å². The van der Waals surface area contributed by atoms with E-state index in [1.807, 2.05) is 30.3 Å². The molecule has 238 valence electrons. The SMILES string of the molecule is CCOC(=O)[C@H](CNC(=O)[C@@H]1CCCN(C(=O)CCC2CCN(C(=O)OCc3ccccc3)CC2)C1)NC(=O)CCOC. The summed E-state index contributed by atoms with van der Waals surface area (Å²) >= 11 is 0. The second kappa shape index (κ2) is 18.1. The number of hydrogen-bond acceptors (Lipinski definition) is 8. The molecule has 0 aliphatic carbocycles. The molecule has 1 aromatic carbocycles. The Morgan fingerprint density at radius 2 is 1.70 bits per heavy atom. The number of carbonyl (C=O) groups is 5. The largest absolute Gasteiger partial charge is 0.464 e. The Bertz CT molecular complexity index is 1060. The van der Waals surface area contributed by atoms with Crippen LogP contribution < -0.4 is 10.6 Å². The summed E-state index contributed by atoms with van der Waals surface area (Å²) in [4.78, 5) is 66.3. The molecule has 2 fully saturated rings. The maximum atomic E-state index is 13.0. The number of nitrogens with zero attached hydrogens (tertiary/aromatic N) is 2. The van der Waals surface area contributed by atoms with Crippen molar-refractivity contribution in [2.75, 3.05) is 53.0 Å². The summed E-state index contributed by atoms with van der Waals surface area (Å²) < 4.78 is 15.4. The second-order valence-corrected chi connectivity index (χ2v) is 11.0. The number of benzene rings is 1. The lowest BCUT2D eigenvalue weighted by Crippen LogP contribution is -2.52. The third kappa shape index (κ3) is 11.5. The van der Waals surface area contributed by atoms with Crippen molar-refractivity contribution in [2.24, 2.45) is 11.8 Å². The fourth-order valence-electron chi connectivity index (χ4n) is 5.36. The fourth-order valence-corrected chi connectivity index (χ4v) is 5.36. The van der Waals surface area contributed by atoms with Crippen LogP contribution >= 0.6 is 0 Å². The third-order valence-electron chi connectivity index (χ3n) is 7.91. The van der Waals surface area contributed by atoms with Crippen molar-refractivity contribution in [3.63, 3.8) is 0 Å². The Morgan fingerprint density at radius 1 is 0.953 bits per heavy atom. The number of esters is 1. The predicted octanol–water partition coefficient (Wildman–Crippen LogP) is 2.25. The molecule has 0 aromatic heterocycles. The van der Waals surface area contributed by atoms with E-state index in [4.69, 9.17) is 14.2 Å². The van der Waals surface area contributed by atoms with E-state index >= 15 is 0 Å². The molecule has 0 bridgehead atoms. The van der Waals surface area contributed by atoms with Crippen molar-refractivity contribution >= 4 is 29.8 Å². The molecule has 2 saturated heterocycles. The summed E-state index contributed by atoms with van der Waals surface area (Å²) in [6, 6.07) is 8.57. The Hall–Kier alpha value is -3.67. The third-order valence-corrected chi connectivity index (χ3v) is 7.91. The van der Waals surface area contributed by atoms with E-state index in [2.05, 4.69) is 10.6 Å². The fraction of sp³-hybridized carbons (Fsp3) is 0.645.